The van der Waals surface area contributed by atoms with Crippen molar-refractivity contribution in [1.29, 1.82) is 0 Å². The molecule has 0 fully saturated rings. The molecular weight excluding hydrogens is 1350 g/mol. The maximum Gasteiger partial charge on any atom is 0.472 e. The van der Waals surface area contributed by atoms with Crippen molar-refractivity contribution in [3.05, 3.63) is 182 Å². The predicted molar refractivity (Wildman–Crippen MR) is 426 cm³/mol. The lowest BCUT2D eigenvalue weighted by Crippen LogP contribution is -2.30. The Bertz CT molecular complexity index is 2690. The fourth-order valence-electron chi connectivity index (χ4n) is 9.57. The number of unbranched alkanes of at least 4 members (excludes halogenated alkanes) is 15. The van der Waals surface area contributed by atoms with Crippen LogP contribution in [-0.4, -0.2) is 96.7 Å². The van der Waals surface area contributed by atoms with Crippen LogP contribution in [0.5, 0.6) is 0 Å². The van der Waals surface area contributed by atoms with Crippen LogP contribution in [0.15, 0.2) is 182 Å². The molecule has 0 aromatic rings. The van der Waals surface area contributed by atoms with Crippen LogP contribution in [0.4, 0.5) is 0 Å². The molecule has 17 nitrogen and oxygen atoms in total. The summed E-state index contributed by atoms with van der Waals surface area (Å²) in [5, 5.41) is 10.6. The van der Waals surface area contributed by atoms with E-state index in [1.807, 2.05) is 36.5 Å². The molecule has 0 aliphatic heterocycles. The Balaban J connectivity index is 5.51. The van der Waals surface area contributed by atoms with Crippen molar-refractivity contribution in [3.63, 3.8) is 0 Å². The highest BCUT2D eigenvalue weighted by atomic mass is 31.2. The van der Waals surface area contributed by atoms with Crippen LogP contribution in [-0.2, 0) is 65.4 Å². The van der Waals surface area contributed by atoms with Gasteiger partial charge < -0.3 is 33.8 Å². The van der Waals surface area contributed by atoms with Crippen LogP contribution in [0.1, 0.15) is 272 Å². The van der Waals surface area contributed by atoms with Crippen LogP contribution < -0.4 is 0 Å². The molecule has 104 heavy (non-hydrogen) atoms. The third-order valence-corrected chi connectivity index (χ3v) is 17.3. The number of rotatable bonds is 71. The van der Waals surface area contributed by atoms with Crippen LogP contribution in [0.25, 0.3) is 0 Å². The summed E-state index contributed by atoms with van der Waals surface area (Å²) in [6.45, 7) is 4.31. The van der Waals surface area contributed by atoms with Gasteiger partial charge in [0.2, 0.25) is 0 Å². The van der Waals surface area contributed by atoms with Gasteiger partial charge in [-0.3, -0.25) is 37.3 Å². The van der Waals surface area contributed by atoms with Gasteiger partial charge in [-0.15, -0.1) is 0 Å². The first-order valence-corrected chi connectivity index (χ1v) is 42.0. The number of ether oxygens (including phenoxy) is 4. The number of hydrogen-bond acceptors (Lipinski definition) is 15. The van der Waals surface area contributed by atoms with Crippen molar-refractivity contribution in [2.24, 2.45) is 0 Å². The molecule has 0 bridgehead atoms. The van der Waals surface area contributed by atoms with Crippen LogP contribution in [0.2, 0.25) is 0 Å². The quantitative estimate of drug-likeness (QED) is 0.0169. The zero-order valence-electron chi connectivity index (χ0n) is 64.1. The number of carbonyl (C=O) groups is 4. The molecule has 0 spiro atoms. The van der Waals surface area contributed by atoms with E-state index in [1.165, 1.54) is 51.4 Å². The number of phosphoric acid groups is 2. The van der Waals surface area contributed by atoms with Gasteiger partial charge in [-0.05, 0) is 141 Å². The van der Waals surface area contributed by atoms with E-state index in [0.717, 1.165) is 122 Å². The Morgan fingerprint density at radius 2 is 0.529 bits per heavy atom. The highest BCUT2D eigenvalue weighted by Gasteiger charge is 2.30. The van der Waals surface area contributed by atoms with E-state index in [1.54, 1.807) is 0 Å². The average Bonchev–Trinajstić information content (AvgIpc) is 0.911. The molecule has 588 valence electrons. The minimum Gasteiger partial charge on any atom is -0.462 e. The zero-order valence-corrected chi connectivity index (χ0v) is 65.9. The first-order valence-electron chi connectivity index (χ1n) is 39.0. The molecule has 0 aliphatic carbocycles. The molecule has 3 N–H and O–H groups in total. The van der Waals surface area contributed by atoms with E-state index < -0.39 is 97.5 Å². The van der Waals surface area contributed by atoms with E-state index in [2.05, 4.69) is 174 Å². The molecule has 0 heterocycles. The fourth-order valence-corrected chi connectivity index (χ4v) is 11.1. The Morgan fingerprint density at radius 1 is 0.279 bits per heavy atom. The number of esters is 4. The third-order valence-electron chi connectivity index (χ3n) is 15.4. The standard InChI is InChI=1S/C85H136O17P2/c1-5-9-13-17-21-25-29-33-36-38-39-41-44-47-50-54-58-62-66-70-83(88)96-76-81(102-85(90)72-68-64-60-56-52-48-42-35-31-27-23-19-15-11-7-3)78-100-104(93,94)98-74-79(86)73-97-103(91,92)99-77-80(101-84(89)71-67-63-59-55-51-45-32-28-24-20-16-12-8-4)75-95-82(87)69-65-61-57-53-49-46-43-40-37-34-30-26-22-18-14-10-6-2/h9-11,13-15,21-23,25-27,33-37,39,41-43,46-47,50,52-53,56-58,62,79-81,86H,5-8,12,16-20,24,28-32,38,40,44-45,48-49,51,54-55,59-61,63-78H2,1-4H3,(H,91,92)(H,93,94)/b13-9-,14-10-,15-11-,25-21-,26-22-,27-23-,36-33-,37-34-,41-39-,42-35-,46-43-,50-47-,56-52-,57-53-,62-58-. The van der Waals surface area contributed by atoms with Crippen molar-refractivity contribution in [1.82, 2.24) is 0 Å². The van der Waals surface area contributed by atoms with Gasteiger partial charge in [-0.2, -0.15) is 0 Å². The van der Waals surface area contributed by atoms with E-state index in [0.29, 0.717) is 44.9 Å². The molecule has 19 heteroatoms. The predicted octanol–water partition coefficient (Wildman–Crippen LogP) is 22.8. The maximum absolute atomic E-state index is 13.1. The fraction of sp³-hybridized carbons (Fsp3) is 0.600. The summed E-state index contributed by atoms with van der Waals surface area (Å²) in [5.74, 6) is -2.40. The second kappa shape index (κ2) is 75.4. The minimum absolute atomic E-state index is 0.0187. The number of allylic oxidation sites excluding steroid dienone is 30. The molecule has 0 saturated heterocycles. The number of aliphatic hydroxyl groups excluding tert-OH is 1. The van der Waals surface area contributed by atoms with Crippen molar-refractivity contribution >= 4 is 39.5 Å². The lowest BCUT2D eigenvalue weighted by atomic mass is 10.0. The highest BCUT2D eigenvalue weighted by molar-refractivity contribution is 7.47. The molecule has 0 radical (unpaired) electrons. The summed E-state index contributed by atoms with van der Waals surface area (Å²) in [6, 6.07) is 0. The van der Waals surface area contributed by atoms with Gasteiger partial charge in [-0.25, -0.2) is 9.13 Å². The topological polar surface area (TPSA) is 237 Å². The lowest BCUT2D eigenvalue weighted by molar-refractivity contribution is -0.161. The van der Waals surface area contributed by atoms with Crippen LogP contribution in [0, 0.1) is 0 Å². The largest absolute Gasteiger partial charge is 0.472 e. The molecule has 0 amide bonds. The summed E-state index contributed by atoms with van der Waals surface area (Å²) in [5.41, 5.74) is 0. The van der Waals surface area contributed by atoms with Crippen molar-refractivity contribution < 1.29 is 80.2 Å². The molecule has 5 atom stereocenters. The number of hydrogen-bond donors (Lipinski definition) is 3. The Hall–Kier alpha value is -5.84. The Labute approximate surface area is 628 Å². The second-order valence-electron chi connectivity index (χ2n) is 25.2. The normalized spacial score (nSPS) is 14.9. The van der Waals surface area contributed by atoms with Gasteiger partial charge in [0.1, 0.15) is 19.3 Å². The van der Waals surface area contributed by atoms with Crippen molar-refractivity contribution in [2.75, 3.05) is 39.6 Å². The van der Waals surface area contributed by atoms with Gasteiger partial charge in [0.15, 0.2) is 12.2 Å². The number of phosphoric ester groups is 2. The highest BCUT2D eigenvalue weighted by Crippen LogP contribution is 2.45. The SMILES string of the molecule is CC/C=C\C/C=C\C/C=C\C/C=C\C/C=C\C/C=C\CCC(=O)OCC(COP(=O)(O)OCC(O)COP(=O)(O)OCC(COC(=O)CCC/C=C\C/C=C\C/C=C\C/C=C\C/C=C\CC)OC(=O)CCCCCCCCCCCCCCC)OC(=O)CCCC/C=C\C/C=C\C/C=C\C/C=C\CC. The van der Waals surface area contributed by atoms with E-state index in [4.69, 9.17) is 37.0 Å². The van der Waals surface area contributed by atoms with E-state index in [9.17, 15) is 43.2 Å². The van der Waals surface area contributed by atoms with Gasteiger partial charge in [0.25, 0.3) is 0 Å². The monoisotopic (exact) mass is 1490 g/mol. The summed E-state index contributed by atoms with van der Waals surface area (Å²) in [6.07, 6.45) is 90.5. The molecule has 0 saturated carbocycles. The molecule has 0 aliphatic rings. The summed E-state index contributed by atoms with van der Waals surface area (Å²) >= 11 is 0. The van der Waals surface area contributed by atoms with Gasteiger partial charge in [0, 0.05) is 25.7 Å². The second-order valence-corrected chi connectivity index (χ2v) is 28.1. The number of aliphatic hydroxyl groups is 1. The lowest BCUT2D eigenvalue weighted by Gasteiger charge is -2.21. The molecular formula is C85H136O17P2. The van der Waals surface area contributed by atoms with Crippen LogP contribution in [0.3, 0.4) is 0 Å². The smallest absolute Gasteiger partial charge is 0.462 e. The third kappa shape index (κ3) is 74.4. The minimum atomic E-state index is -5.02. The first kappa shape index (κ1) is 98.2. The Morgan fingerprint density at radius 3 is 0.856 bits per heavy atom. The summed E-state index contributed by atoms with van der Waals surface area (Å²) in [4.78, 5) is 72.9. The molecule has 0 aromatic heterocycles. The van der Waals surface area contributed by atoms with Gasteiger partial charge in [0.05, 0.1) is 26.4 Å². The molecule has 0 aromatic carbocycles. The number of carbonyl (C=O) groups excluding carboxylic acids is 4. The van der Waals surface area contributed by atoms with Crippen LogP contribution >= 0.6 is 15.6 Å². The molecule has 5 unspecified atom stereocenters. The van der Waals surface area contributed by atoms with E-state index in [-0.39, 0.29) is 25.7 Å². The zero-order chi connectivity index (χ0) is 76.0. The van der Waals surface area contributed by atoms with Gasteiger partial charge >= 0.3 is 39.5 Å². The summed E-state index contributed by atoms with van der Waals surface area (Å²) in [7, 11) is -10.0. The molecule has 0 rings (SSSR count). The summed E-state index contributed by atoms with van der Waals surface area (Å²) < 4.78 is 68.4. The average molecular weight is 1490 g/mol. The first-order chi connectivity index (χ1) is 50.7. The van der Waals surface area contributed by atoms with E-state index >= 15 is 0 Å². The maximum atomic E-state index is 13.1. The van der Waals surface area contributed by atoms with Gasteiger partial charge in [-0.1, -0.05) is 287 Å². The Kier molecular flexibility index (Phi) is 71.2. The van der Waals surface area contributed by atoms with Crippen molar-refractivity contribution in [3.8, 4) is 0 Å². The van der Waals surface area contributed by atoms with Crippen molar-refractivity contribution in [2.45, 2.75) is 290 Å².